The lowest BCUT2D eigenvalue weighted by Crippen LogP contribution is -2.23. The van der Waals surface area contributed by atoms with Crippen molar-refractivity contribution in [1.29, 1.82) is 0 Å². The molecule has 2 rings (SSSR count). The van der Waals surface area contributed by atoms with Crippen molar-refractivity contribution in [3.8, 4) is 28.6 Å². The SMILES string of the molecule is CCC(C)(O)CCc1nc(-c2nc(C(N)=O)c(O)c(OC)c2OC)cs1. The van der Waals surface area contributed by atoms with Crippen LogP contribution in [-0.4, -0.2) is 45.9 Å². The number of aliphatic hydroxyl groups is 1. The van der Waals surface area contributed by atoms with Gasteiger partial charge in [0.25, 0.3) is 5.91 Å². The maximum Gasteiger partial charge on any atom is 0.271 e. The molecule has 0 spiro atoms. The Morgan fingerprint density at radius 1 is 1.31 bits per heavy atom. The number of carbonyl (C=O) groups excluding carboxylic acids is 1. The molecule has 1 amide bonds. The van der Waals surface area contributed by atoms with Gasteiger partial charge in [-0.2, -0.15) is 0 Å². The quantitative estimate of drug-likeness (QED) is 0.639. The Labute approximate surface area is 155 Å². The second-order valence-corrected chi connectivity index (χ2v) is 7.01. The van der Waals surface area contributed by atoms with Crippen molar-refractivity contribution < 1.29 is 24.5 Å². The number of rotatable bonds is 8. The van der Waals surface area contributed by atoms with Crippen LogP contribution in [0.4, 0.5) is 0 Å². The summed E-state index contributed by atoms with van der Waals surface area (Å²) < 4.78 is 10.5. The molecule has 0 aliphatic heterocycles. The first-order valence-electron chi connectivity index (χ1n) is 8.06. The van der Waals surface area contributed by atoms with Crippen LogP contribution in [0.25, 0.3) is 11.4 Å². The molecule has 2 aromatic heterocycles. The van der Waals surface area contributed by atoms with Crippen LogP contribution in [-0.2, 0) is 6.42 Å². The van der Waals surface area contributed by atoms with E-state index in [1.165, 1.54) is 25.6 Å². The third-order valence-electron chi connectivity index (χ3n) is 4.16. The number of carbonyl (C=O) groups is 1. The predicted octanol–water partition coefficient (Wildman–Crippen LogP) is 2.12. The van der Waals surface area contributed by atoms with Gasteiger partial charge in [-0.15, -0.1) is 11.3 Å². The van der Waals surface area contributed by atoms with Crippen molar-refractivity contribution in [3.63, 3.8) is 0 Å². The minimum Gasteiger partial charge on any atom is -0.503 e. The zero-order valence-corrected chi connectivity index (χ0v) is 16.0. The van der Waals surface area contributed by atoms with Crippen LogP contribution in [0.5, 0.6) is 17.2 Å². The number of hydrogen-bond acceptors (Lipinski definition) is 8. The third kappa shape index (κ3) is 4.05. The van der Waals surface area contributed by atoms with Gasteiger partial charge in [0.2, 0.25) is 5.75 Å². The Morgan fingerprint density at radius 2 is 1.96 bits per heavy atom. The predicted molar refractivity (Wildman–Crippen MR) is 97.9 cm³/mol. The number of nitrogens with zero attached hydrogens (tertiary/aromatic N) is 2. The van der Waals surface area contributed by atoms with E-state index < -0.39 is 17.3 Å². The third-order valence-corrected chi connectivity index (χ3v) is 5.07. The summed E-state index contributed by atoms with van der Waals surface area (Å²) in [6.45, 7) is 3.71. The summed E-state index contributed by atoms with van der Waals surface area (Å²) in [7, 11) is 2.74. The van der Waals surface area contributed by atoms with Gasteiger partial charge in [0.05, 0.1) is 24.8 Å². The average Bonchev–Trinajstić information content (AvgIpc) is 3.08. The molecule has 0 saturated heterocycles. The van der Waals surface area contributed by atoms with E-state index in [-0.39, 0.29) is 22.9 Å². The maximum atomic E-state index is 11.6. The van der Waals surface area contributed by atoms with Gasteiger partial charge in [0.1, 0.15) is 11.4 Å². The largest absolute Gasteiger partial charge is 0.503 e. The summed E-state index contributed by atoms with van der Waals surface area (Å²) in [5.74, 6) is -1.24. The lowest BCUT2D eigenvalue weighted by Gasteiger charge is -2.20. The molecular formula is C17H23N3O5S. The molecule has 26 heavy (non-hydrogen) atoms. The van der Waals surface area contributed by atoms with Gasteiger partial charge in [0.15, 0.2) is 17.2 Å². The van der Waals surface area contributed by atoms with Crippen LogP contribution < -0.4 is 15.2 Å². The van der Waals surface area contributed by atoms with E-state index in [4.69, 9.17) is 15.2 Å². The molecular weight excluding hydrogens is 358 g/mol. The molecule has 0 aliphatic carbocycles. The summed E-state index contributed by atoms with van der Waals surface area (Å²) in [6, 6.07) is 0. The summed E-state index contributed by atoms with van der Waals surface area (Å²) in [5, 5.41) is 22.8. The number of aryl methyl sites for hydroxylation is 1. The zero-order chi connectivity index (χ0) is 19.5. The van der Waals surface area contributed by atoms with Crippen LogP contribution in [0.3, 0.4) is 0 Å². The van der Waals surface area contributed by atoms with E-state index in [1.54, 1.807) is 12.3 Å². The molecule has 0 aromatic carbocycles. The molecule has 9 heteroatoms. The number of aromatic hydroxyl groups is 1. The van der Waals surface area contributed by atoms with Crippen molar-refractivity contribution in [2.75, 3.05) is 14.2 Å². The number of primary amides is 1. The lowest BCUT2D eigenvalue weighted by molar-refractivity contribution is 0.0473. The summed E-state index contributed by atoms with van der Waals surface area (Å²) in [5.41, 5.74) is 4.95. The van der Waals surface area contributed by atoms with Crippen molar-refractivity contribution in [3.05, 3.63) is 16.1 Å². The molecule has 4 N–H and O–H groups in total. The highest BCUT2D eigenvalue weighted by atomic mass is 32.1. The fraction of sp³-hybridized carbons (Fsp3) is 0.471. The average molecular weight is 381 g/mol. The van der Waals surface area contributed by atoms with Crippen LogP contribution >= 0.6 is 11.3 Å². The number of nitrogens with two attached hydrogens (primary N) is 1. The molecule has 8 nitrogen and oxygen atoms in total. The molecule has 142 valence electrons. The Morgan fingerprint density at radius 3 is 2.50 bits per heavy atom. The number of pyridine rings is 1. The van der Waals surface area contributed by atoms with E-state index >= 15 is 0 Å². The Balaban J connectivity index is 2.45. The number of methoxy groups -OCH3 is 2. The minimum absolute atomic E-state index is 0.0326. The number of aromatic nitrogens is 2. The van der Waals surface area contributed by atoms with Crippen molar-refractivity contribution in [1.82, 2.24) is 9.97 Å². The summed E-state index contributed by atoms with van der Waals surface area (Å²) in [4.78, 5) is 20.2. The van der Waals surface area contributed by atoms with Crippen LogP contribution in [0.15, 0.2) is 5.38 Å². The van der Waals surface area contributed by atoms with E-state index in [0.29, 0.717) is 25.0 Å². The highest BCUT2D eigenvalue weighted by molar-refractivity contribution is 7.09. The first-order chi connectivity index (χ1) is 12.2. The molecule has 2 heterocycles. The van der Waals surface area contributed by atoms with Gasteiger partial charge in [-0.3, -0.25) is 4.79 Å². The van der Waals surface area contributed by atoms with Crippen molar-refractivity contribution >= 4 is 17.2 Å². The lowest BCUT2D eigenvalue weighted by atomic mass is 9.98. The first kappa shape index (κ1) is 19.9. The standard InChI is InChI=1S/C17H23N3O5S/c1-5-17(2,23)7-6-10-19-9(8-26-10)11-14(24-3)15(25-4)13(21)12(20-11)16(18)22/h8,21,23H,5-7H2,1-4H3,(H2,18,22). The second kappa shape index (κ2) is 7.88. The van der Waals surface area contributed by atoms with Gasteiger partial charge in [0, 0.05) is 11.8 Å². The topological polar surface area (TPSA) is 128 Å². The molecule has 0 saturated carbocycles. The van der Waals surface area contributed by atoms with Gasteiger partial charge in [-0.1, -0.05) is 6.92 Å². The summed E-state index contributed by atoms with van der Waals surface area (Å²) >= 11 is 1.41. The van der Waals surface area contributed by atoms with Gasteiger partial charge < -0.3 is 25.4 Å². The fourth-order valence-electron chi connectivity index (χ4n) is 2.35. The normalized spacial score (nSPS) is 13.3. The number of ether oxygens (including phenoxy) is 2. The fourth-order valence-corrected chi connectivity index (χ4v) is 3.13. The van der Waals surface area contributed by atoms with Gasteiger partial charge in [-0.25, -0.2) is 9.97 Å². The number of hydrogen-bond donors (Lipinski definition) is 3. The zero-order valence-electron chi connectivity index (χ0n) is 15.2. The van der Waals surface area contributed by atoms with Crippen LogP contribution in [0, 0.1) is 0 Å². The maximum absolute atomic E-state index is 11.6. The van der Waals surface area contributed by atoms with Gasteiger partial charge in [-0.05, 0) is 19.8 Å². The monoisotopic (exact) mass is 381 g/mol. The molecule has 1 unspecified atom stereocenters. The van der Waals surface area contributed by atoms with E-state index in [1.807, 2.05) is 6.92 Å². The van der Waals surface area contributed by atoms with Crippen LogP contribution in [0.1, 0.15) is 42.2 Å². The number of amides is 1. The van der Waals surface area contributed by atoms with E-state index in [2.05, 4.69) is 9.97 Å². The van der Waals surface area contributed by atoms with E-state index in [9.17, 15) is 15.0 Å². The second-order valence-electron chi connectivity index (χ2n) is 6.07. The smallest absolute Gasteiger partial charge is 0.271 e. The molecule has 0 radical (unpaired) electrons. The Bertz CT molecular complexity index is 804. The Hall–Kier alpha value is -2.39. The van der Waals surface area contributed by atoms with Gasteiger partial charge >= 0.3 is 0 Å². The molecule has 1 atom stereocenters. The molecule has 0 bridgehead atoms. The number of thiazole rings is 1. The van der Waals surface area contributed by atoms with E-state index in [0.717, 1.165) is 5.01 Å². The Kier molecular flexibility index (Phi) is 6.04. The molecule has 0 aliphatic rings. The first-order valence-corrected chi connectivity index (χ1v) is 8.94. The summed E-state index contributed by atoms with van der Waals surface area (Å²) in [6.07, 6.45) is 1.83. The van der Waals surface area contributed by atoms with Crippen LogP contribution in [0.2, 0.25) is 0 Å². The van der Waals surface area contributed by atoms with Crippen molar-refractivity contribution in [2.24, 2.45) is 5.73 Å². The highest BCUT2D eigenvalue weighted by Crippen LogP contribution is 2.44. The van der Waals surface area contributed by atoms with Crippen molar-refractivity contribution in [2.45, 2.75) is 38.7 Å². The minimum atomic E-state index is -0.890. The highest BCUT2D eigenvalue weighted by Gasteiger charge is 2.26. The molecule has 0 fully saturated rings. The molecule has 2 aromatic rings.